The third-order valence-electron chi connectivity index (χ3n) is 4.33. The number of hydrogen-bond acceptors (Lipinski definition) is 6. The lowest BCUT2D eigenvalue weighted by molar-refractivity contribution is 0.183. The number of nitrogens with zero attached hydrogens (tertiary/aromatic N) is 2. The summed E-state index contributed by atoms with van der Waals surface area (Å²) in [5, 5.41) is 0. The quantitative estimate of drug-likeness (QED) is 0.724. The molecule has 6 nitrogen and oxygen atoms in total. The molecule has 9 heteroatoms. The molecule has 1 aromatic carbocycles. The van der Waals surface area contributed by atoms with E-state index in [2.05, 4.69) is 4.90 Å². The minimum Gasteiger partial charge on any atom is -0.493 e. The predicted octanol–water partition coefficient (Wildman–Crippen LogP) is 2.93. The summed E-state index contributed by atoms with van der Waals surface area (Å²) < 4.78 is 38.5. The van der Waals surface area contributed by atoms with Gasteiger partial charge in [0.25, 0.3) is 0 Å². The van der Waals surface area contributed by atoms with E-state index in [0.717, 1.165) is 10.9 Å². The van der Waals surface area contributed by atoms with E-state index in [9.17, 15) is 8.42 Å². The zero-order valence-corrected chi connectivity index (χ0v) is 17.0. The highest BCUT2D eigenvalue weighted by molar-refractivity contribution is 7.89. The molecule has 1 aromatic heterocycles. The summed E-state index contributed by atoms with van der Waals surface area (Å²) >= 11 is 7.53. The zero-order chi connectivity index (χ0) is 18.7. The molecule has 1 aliphatic rings. The maximum atomic E-state index is 12.9. The molecule has 0 spiro atoms. The van der Waals surface area contributed by atoms with E-state index >= 15 is 0 Å². The second-order valence-corrected chi connectivity index (χ2v) is 9.64. The summed E-state index contributed by atoms with van der Waals surface area (Å²) in [5.41, 5.74) is 0. The van der Waals surface area contributed by atoms with Crippen molar-refractivity contribution in [3.05, 3.63) is 39.5 Å². The largest absolute Gasteiger partial charge is 0.493 e. The minimum absolute atomic E-state index is 0.216. The third kappa shape index (κ3) is 4.15. The van der Waals surface area contributed by atoms with Gasteiger partial charge in [0.1, 0.15) is 0 Å². The Balaban J connectivity index is 1.68. The van der Waals surface area contributed by atoms with Crippen LogP contribution in [0.1, 0.15) is 4.88 Å². The lowest BCUT2D eigenvalue weighted by atomic mass is 10.3. The molecule has 1 saturated heterocycles. The van der Waals surface area contributed by atoms with Crippen LogP contribution in [0.5, 0.6) is 11.5 Å². The Hall–Kier alpha value is -1.32. The monoisotopic (exact) mass is 416 g/mol. The van der Waals surface area contributed by atoms with Crippen molar-refractivity contribution in [3.63, 3.8) is 0 Å². The molecule has 1 fully saturated rings. The molecular formula is C17H21ClN2O4S2. The number of rotatable bonds is 6. The fraction of sp³-hybridized carbons (Fsp3) is 0.412. The van der Waals surface area contributed by atoms with E-state index in [1.165, 1.54) is 29.5 Å². The first-order chi connectivity index (χ1) is 12.4. The highest BCUT2D eigenvalue weighted by Crippen LogP contribution is 2.31. The molecular weight excluding hydrogens is 396 g/mol. The van der Waals surface area contributed by atoms with Crippen LogP contribution >= 0.6 is 22.9 Å². The van der Waals surface area contributed by atoms with E-state index in [1.807, 2.05) is 12.1 Å². The average molecular weight is 417 g/mol. The molecule has 0 N–H and O–H groups in total. The highest BCUT2D eigenvalue weighted by Gasteiger charge is 2.29. The van der Waals surface area contributed by atoms with Crippen LogP contribution in [0.3, 0.4) is 0 Å². The maximum absolute atomic E-state index is 12.9. The van der Waals surface area contributed by atoms with Crippen LogP contribution in [-0.4, -0.2) is 58.0 Å². The molecule has 0 bridgehead atoms. The summed E-state index contributed by atoms with van der Waals surface area (Å²) in [5.74, 6) is 0.910. The van der Waals surface area contributed by atoms with Crippen molar-refractivity contribution in [2.24, 2.45) is 0 Å². The molecule has 1 aliphatic heterocycles. The van der Waals surface area contributed by atoms with Gasteiger partial charge >= 0.3 is 0 Å². The number of benzene rings is 1. The van der Waals surface area contributed by atoms with Crippen molar-refractivity contribution in [1.29, 1.82) is 0 Å². The van der Waals surface area contributed by atoms with Gasteiger partial charge in [0.05, 0.1) is 23.5 Å². The molecule has 26 heavy (non-hydrogen) atoms. The number of thiophene rings is 1. The van der Waals surface area contributed by atoms with E-state index in [4.69, 9.17) is 21.1 Å². The SMILES string of the molecule is COc1ccc(S(=O)(=O)N2CCN(Cc3ccc(Cl)s3)CC2)cc1OC. The summed E-state index contributed by atoms with van der Waals surface area (Å²) in [6.45, 7) is 3.07. The Morgan fingerprint density at radius 2 is 1.73 bits per heavy atom. The maximum Gasteiger partial charge on any atom is 0.243 e. The summed E-state index contributed by atoms with van der Waals surface area (Å²) in [6, 6.07) is 8.58. The van der Waals surface area contributed by atoms with Gasteiger partial charge in [-0.15, -0.1) is 11.3 Å². The Morgan fingerprint density at radius 3 is 2.31 bits per heavy atom. The summed E-state index contributed by atoms with van der Waals surface area (Å²) in [4.78, 5) is 3.64. The third-order valence-corrected chi connectivity index (χ3v) is 7.44. The van der Waals surface area contributed by atoms with Crippen molar-refractivity contribution >= 4 is 33.0 Å². The van der Waals surface area contributed by atoms with Crippen molar-refractivity contribution in [2.75, 3.05) is 40.4 Å². The van der Waals surface area contributed by atoms with Gasteiger partial charge in [-0.1, -0.05) is 11.6 Å². The van der Waals surface area contributed by atoms with Crippen LogP contribution in [0, 0.1) is 0 Å². The van der Waals surface area contributed by atoms with Crippen LogP contribution in [0.4, 0.5) is 0 Å². The van der Waals surface area contributed by atoms with Crippen molar-refractivity contribution in [2.45, 2.75) is 11.4 Å². The van der Waals surface area contributed by atoms with Gasteiger partial charge in [-0.2, -0.15) is 4.31 Å². The van der Waals surface area contributed by atoms with Crippen molar-refractivity contribution in [1.82, 2.24) is 9.21 Å². The fourth-order valence-corrected chi connectivity index (χ4v) is 5.48. The lowest BCUT2D eigenvalue weighted by Gasteiger charge is -2.33. The number of ether oxygens (including phenoxy) is 2. The molecule has 3 rings (SSSR count). The van der Waals surface area contributed by atoms with Gasteiger partial charge in [0.2, 0.25) is 10.0 Å². The molecule has 2 heterocycles. The standard InChI is InChI=1S/C17H21ClN2O4S2/c1-23-15-5-4-14(11-16(15)24-2)26(21,22)20-9-7-19(8-10-20)12-13-3-6-17(18)25-13/h3-6,11H,7-10,12H2,1-2H3. The number of hydrogen-bond donors (Lipinski definition) is 0. The molecule has 0 aliphatic carbocycles. The number of methoxy groups -OCH3 is 2. The molecule has 142 valence electrons. The van der Waals surface area contributed by atoms with E-state index in [0.29, 0.717) is 37.7 Å². The van der Waals surface area contributed by atoms with Gasteiger partial charge < -0.3 is 9.47 Å². The van der Waals surface area contributed by atoms with Crippen LogP contribution in [0.2, 0.25) is 4.34 Å². The van der Waals surface area contributed by atoms with Crippen molar-refractivity contribution in [3.8, 4) is 11.5 Å². The molecule has 0 atom stereocenters. The Bertz CT molecular complexity index is 861. The first-order valence-corrected chi connectivity index (χ1v) is 10.8. The van der Waals surface area contributed by atoms with Gasteiger partial charge in [-0.25, -0.2) is 8.42 Å². The highest BCUT2D eigenvalue weighted by atomic mass is 35.5. The molecule has 0 unspecified atom stereocenters. The van der Waals surface area contributed by atoms with Crippen LogP contribution in [-0.2, 0) is 16.6 Å². The first kappa shape index (κ1) is 19.4. The van der Waals surface area contributed by atoms with E-state index in [-0.39, 0.29) is 4.90 Å². The lowest BCUT2D eigenvalue weighted by Crippen LogP contribution is -2.48. The average Bonchev–Trinajstić information content (AvgIpc) is 3.06. The topological polar surface area (TPSA) is 59.1 Å². The normalized spacial score (nSPS) is 16.6. The van der Waals surface area contributed by atoms with Crippen LogP contribution < -0.4 is 9.47 Å². The number of piperazine rings is 1. The zero-order valence-electron chi connectivity index (χ0n) is 14.6. The van der Waals surface area contributed by atoms with Gasteiger partial charge in [0, 0.05) is 43.7 Å². The van der Waals surface area contributed by atoms with E-state index < -0.39 is 10.0 Å². The van der Waals surface area contributed by atoms with Crippen molar-refractivity contribution < 1.29 is 17.9 Å². The predicted molar refractivity (Wildman–Crippen MR) is 103 cm³/mol. The smallest absolute Gasteiger partial charge is 0.243 e. The summed E-state index contributed by atoms with van der Waals surface area (Å²) in [7, 11) is -0.549. The molecule has 2 aromatic rings. The van der Waals surface area contributed by atoms with Gasteiger partial charge in [-0.3, -0.25) is 4.90 Å². The second-order valence-electron chi connectivity index (χ2n) is 5.90. The van der Waals surface area contributed by atoms with E-state index in [1.54, 1.807) is 23.5 Å². The van der Waals surface area contributed by atoms with Gasteiger partial charge in [-0.05, 0) is 24.3 Å². The summed E-state index contributed by atoms with van der Waals surface area (Å²) in [6.07, 6.45) is 0. The van der Waals surface area contributed by atoms with Gasteiger partial charge in [0.15, 0.2) is 11.5 Å². The second kappa shape index (κ2) is 8.14. The molecule has 0 radical (unpaired) electrons. The first-order valence-electron chi connectivity index (χ1n) is 8.13. The van der Waals surface area contributed by atoms with Crippen LogP contribution in [0.15, 0.2) is 35.2 Å². The molecule has 0 amide bonds. The number of sulfonamides is 1. The Kier molecular flexibility index (Phi) is 6.09. The number of halogens is 1. The minimum atomic E-state index is -3.56. The Morgan fingerprint density at radius 1 is 1.04 bits per heavy atom. The molecule has 0 saturated carbocycles. The fourth-order valence-electron chi connectivity index (χ4n) is 2.91. The Labute approximate surface area is 162 Å². The van der Waals surface area contributed by atoms with Crippen LogP contribution in [0.25, 0.3) is 0 Å².